The SMILES string of the molecule is CCCCCCCCCCCCCCCCCCc1ccc2c(OC)c3ccccc3c(OC)c2c1. The number of aryl methyl sites for hydroxylation is 1. The van der Waals surface area contributed by atoms with Gasteiger partial charge in [0.15, 0.2) is 0 Å². The van der Waals surface area contributed by atoms with E-state index in [1.165, 1.54) is 108 Å². The average molecular weight is 491 g/mol. The van der Waals surface area contributed by atoms with E-state index in [0.717, 1.165) is 39.5 Å². The fourth-order valence-corrected chi connectivity index (χ4v) is 5.62. The van der Waals surface area contributed by atoms with E-state index < -0.39 is 0 Å². The molecule has 198 valence electrons. The fourth-order valence-electron chi connectivity index (χ4n) is 5.62. The van der Waals surface area contributed by atoms with Crippen LogP contribution in [0.1, 0.15) is 115 Å². The van der Waals surface area contributed by atoms with Crippen LogP contribution in [0.3, 0.4) is 0 Å². The first-order valence-electron chi connectivity index (χ1n) is 14.9. The third-order valence-corrected chi connectivity index (χ3v) is 7.72. The second kappa shape index (κ2) is 16.5. The topological polar surface area (TPSA) is 18.5 Å². The summed E-state index contributed by atoms with van der Waals surface area (Å²) in [6.07, 6.45) is 23.7. The van der Waals surface area contributed by atoms with E-state index in [-0.39, 0.29) is 0 Å². The molecule has 0 N–H and O–H groups in total. The first-order chi connectivity index (χ1) is 17.8. The molecule has 0 bridgehead atoms. The summed E-state index contributed by atoms with van der Waals surface area (Å²) in [5.41, 5.74) is 1.39. The van der Waals surface area contributed by atoms with Crippen LogP contribution in [-0.4, -0.2) is 14.2 Å². The number of fused-ring (bicyclic) bond motifs is 2. The maximum atomic E-state index is 5.87. The Labute approximate surface area is 220 Å². The van der Waals surface area contributed by atoms with Crippen molar-refractivity contribution in [2.24, 2.45) is 0 Å². The molecule has 2 heteroatoms. The third-order valence-electron chi connectivity index (χ3n) is 7.72. The highest BCUT2D eigenvalue weighted by molar-refractivity contribution is 6.11. The number of unbranched alkanes of at least 4 members (excludes halogenated alkanes) is 15. The molecule has 0 saturated heterocycles. The van der Waals surface area contributed by atoms with Gasteiger partial charge in [0.1, 0.15) is 11.5 Å². The summed E-state index contributed by atoms with van der Waals surface area (Å²) in [6, 6.07) is 15.2. The van der Waals surface area contributed by atoms with Crippen molar-refractivity contribution in [3.63, 3.8) is 0 Å². The molecule has 0 aliphatic heterocycles. The zero-order valence-electron chi connectivity index (χ0n) is 23.4. The number of hydrogen-bond acceptors (Lipinski definition) is 2. The van der Waals surface area contributed by atoms with Crippen LogP contribution in [-0.2, 0) is 6.42 Å². The minimum absolute atomic E-state index is 0.940. The summed E-state index contributed by atoms with van der Waals surface area (Å²) in [4.78, 5) is 0. The first kappa shape index (κ1) is 28.4. The molecule has 0 saturated carbocycles. The first-order valence-corrected chi connectivity index (χ1v) is 14.9. The summed E-state index contributed by atoms with van der Waals surface area (Å²) < 4.78 is 11.7. The Morgan fingerprint density at radius 1 is 0.472 bits per heavy atom. The third kappa shape index (κ3) is 8.43. The Morgan fingerprint density at radius 3 is 1.36 bits per heavy atom. The van der Waals surface area contributed by atoms with Gasteiger partial charge >= 0.3 is 0 Å². The van der Waals surface area contributed by atoms with E-state index in [2.05, 4.69) is 49.4 Å². The number of benzene rings is 3. The van der Waals surface area contributed by atoms with Crippen molar-refractivity contribution in [2.45, 2.75) is 116 Å². The molecular weight excluding hydrogens is 440 g/mol. The summed E-state index contributed by atoms with van der Waals surface area (Å²) in [5.74, 6) is 1.89. The fraction of sp³-hybridized carbons (Fsp3) is 0.588. The van der Waals surface area contributed by atoms with Gasteiger partial charge in [0, 0.05) is 21.5 Å². The van der Waals surface area contributed by atoms with Gasteiger partial charge in [-0.2, -0.15) is 0 Å². The van der Waals surface area contributed by atoms with Crippen LogP contribution in [0.2, 0.25) is 0 Å². The van der Waals surface area contributed by atoms with Gasteiger partial charge in [-0.05, 0) is 24.5 Å². The van der Waals surface area contributed by atoms with Crippen molar-refractivity contribution in [1.82, 2.24) is 0 Å². The zero-order valence-corrected chi connectivity index (χ0v) is 23.4. The number of ether oxygens (including phenoxy) is 2. The van der Waals surface area contributed by atoms with Crippen molar-refractivity contribution in [2.75, 3.05) is 14.2 Å². The highest BCUT2D eigenvalue weighted by Gasteiger charge is 2.15. The van der Waals surface area contributed by atoms with Crippen LogP contribution >= 0.6 is 0 Å². The van der Waals surface area contributed by atoms with Gasteiger partial charge in [-0.1, -0.05) is 140 Å². The van der Waals surface area contributed by atoms with Gasteiger partial charge < -0.3 is 9.47 Å². The lowest BCUT2D eigenvalue weighted by Crippen LogP contribution is -1.94. The average Bonchev–Trinajstić information content (AvgIpc) is 2.91. The lowest BCUT2D eigenvalue weighted by Gasteiger charge is -2.16. The Bertz CT molecular complexity index is 1020. The molecule has 3 aromatic rings. The minimum atomic E-state index is 0.940. The van der Waals surface area contributed by atoms with Gasteiger partial charge in [0.2, 0.25) is 0 Å². The number of hydrogen-bond donors (Lipinski definition) is 0. The van der Waals surface area contributed by atoms with Crippen LogP contribution in [0.4, 0.5) is 0 Å². The Kier molecular flexibility index (Phi) is 13.0. The molecule has 0 fully saturated rings. The van der Waals surface area contributed by atoms with Crippen LogP contribution in [0.25, 0.3) is 21.5 Å². The molecule has 0 aliphatic rings. The second-order valence-electron chi connectivity index (χ2n) is 10.5. The quantitative estimate of drug-likeness (QED) is 0.123. The lowest BCUT2D eigenvalue weighted by molar-refractivity contribution is 0.417. The highest BCUT2D eigenvalue weighted by atomic mass is 16.5. The second-order valence-corrected chi connectivity index (χ2v) is 10.5. The van der Waals surface area contributed by atoms with Crippen LogP contribution in [0.5, 0.6) is 11.5 Å². The molecule has 0 aliphatic carbocycles. The predicted octanol–water partition coefficient (Wildman–Crippen LogP) is 10.8. The van der Waals surface area contributed by atoms with Gasteiger partial charge in [-0.15, -0.1) is 0 Å². The predicted molar refractivity (Wildman–Crippen MR) is 158 cm³/mol. The van der Waals surface area contributed by atoms with Gasteiger partial charge in [0.05, 0.1) is 14.2 Å². The molecule has 0 atom stereocenters. The molecule has 0 aromatic heterocycles. The van der Waals surface area contributed by atoms with E-state index in [4.69, 9.17) is 9.47 Å². The Morgan fingerprint density at radius 2 is 0.889 bits per heavy atom. The lowest BCUT2D eigenvalue weighted by atomic mass is 9.97. The summed E-state index contributed by atoms with van der Waals surface area (Å²) >= 11 is 0. The molecular formula is C34H50O2. The van der Waals surface area contributed by atoms with E-state index in [0.29, 0.717) is 0 Å². The normalized spacial score (nSPS) is 11.4. The molecule has 0 amide bonds. The van der Waals surface area contributed by atoms with E-state index in [1.807, 2.05) is 0 Å². The summed E-state index contributed by atoms with van der Waals surface area (Å²) in [7, 11) is 3.54. The van der Waals surface area contributed by atoms with Crippen LogP contribution in [0.15, 0.2) is 42.5 Å². The largest absolute Gasteiger partial charge is 0.495 e. The van der Waals surface area contributed by atoms with Crippen molar-refractivity contribution in [3.05, 3.63) is 48.0 Å². The van der Waals surface area contributed by atoms with E-state index in [1.54, 1.807) is 14.2 Å². The van der Waals surface area contributed by atoms with Gasteiger partial charge in [-0.3, -0.25) is 0 Å². The van der Waals surface area contributed by atoms with Crippen molar-refractivity contribution < 1.29 is 9.47 Å². The molecule has 3 aromatic carbocycles. The van der Waals surface area contributed by atoms with Crippen molar-refractivity contribution >= 4 is 21.5 Å². The van der Waals surface area contributed by atoms with E-state index >= 15 is 0 Å². The minimum Gasteiger partial charge on any atom is -0.495 e. The Balaban J connectivity index is 1.33. The van der Waals surface area contributed by atoms with Gasteiger partial charge in [-0.25, -0.2) is 0 Å². The molecule has 0 heterocycles. The Hall–Kier alpha value is -2.22. The summed E-state index contributed by atoms with van der Waals surface area (Å²) in [5, 5.41) is 4.50. The molecule has 2 nitrogen and oxygen atoms in total. The number of rotatable bonds is 19. The molecule has 36 heavy (non-hydrogen) atoms. The molecule has 0 unspecified atom stereocenters. The maximum Gasteiger partial charge on any atom is 0.134 e. The standard InChI is InChI=1S/C34H50O2/c1-4-5-6-7-8-9-10-11-12-13-14-15-16-17-18-19-22-28-25-26-31-32(27-28)34(36-3)30-24-21-20-23-29(30)33(31)35-2/h20-21,23-27H,4-19,22H2,1-3H3. The van der Waals surface area contributed by atoms with Crippen molar-refractivity contribution in [3.8, 4) is 11.5 Å². The molecule has 0 spiro atoms. The highest BCUT2D eigenvalue weighted by Crippen LogP contribution is 2.42. The number of methoxy groups -OCH3 is 2. The smallest absolute Gasteiger partial charge is 0.134 e. The monoisotopic (exact) mass is 490 g/mol. The van der Waals surface area contributed by atoms with Crippen molar-refractivity contribution in [1.29, 1.82) is 0 Å². The van der Waals surface area contributed by atoms with E-state index in [9.17, 15) is 0 Å². The van der Waals surface area contributed by atoms with Gasteiger partial charge in [0.25, 0.3) is 0 Å². The van der Waals surface area contributed by atoms with Crippen LogP contribution < -0.4 is 9.47 Å². The molecule has 3 rings (SSSR count). The molecule has 0 radical (unpaired) electrons. The zero-order chi connectivity index (χ0) is 25.4. The van der Waals surface area contributed by atoms with Crippen LogP contribution in [0, 0.1) is 0 Å². The maximum absolute atomic E-state index is 5.87. The summed E-state index contributed by atoms with van der Waals surface area (Å²) in [6.45, 7) is 2.29.